The second-order valence-corrected chi connectivity index (χ2v) is 12.8. The first-order chi connectivity index (χ1) is 21.4. The Hall–Kier alpha value is -4.47. The summed E-state index contributed by atoms with van der Waals surface area (Å²) in [4.78, 5) is 16.9. The number of nitrogens with one attached hydrogen (secondary N) is 2. The third-order valence-electron chi connectivity index (χ3n) is 8.22. The molecular formula is C35H35FN4O3S. The van der Waals surface area contributed by atoms with Gasteiger partial charge >= 0.3 is 0 Å². The summed E-state index contributed by atoms with van der Waals surface area (Å²) in [5.74, 6) is -0.639. The van der Waals surface area contributed by atoms with E-state index in [-0.39, 0.29) is 22.7 Å². The van der Waals surface area contributed by atoms with Crippen molar-refractivity contribution in [1.29, 1.82) is 0 Å². The van der Waals surface area contributed by atoms with Gasteiger partial charge in [0, 0.05) is 44.0 Å². The zero-order chi connectivity index (χ0) is 30.5. The number of hydrogen-bond donors (Lipinski definition) is 2. The largest absolute Gasteiger partial charge is 0.367 e. The standard InChI is InChI=1S/C35H35FN4O3S/c36-30-14-6-7-16-32(30)39-21-23-40(24-22-39)33-19-18-28(37-35(41)20-17-26-9-2-1-3-10-26)25-34(33)44(42,43)38-31-15-8-12-27-11-4-5-13-29(27)31/h1-7,9-11,13-14,16-20,25,31,38H,8,12,15,21-24H2,(H,37,41)/b20-17+/t31-/m1/s1. The minimum Gasteiger partial charge on any atom is -0.367 e. The summed E-state index contributed by atoms with van der Waals surface area (Å²) in [6, 6.07) is 28.8. The van der Waals surface area contributed by atoms with Gasteiger partial charge in [0.2, 0.25) is 15.9 Å². The highest BCUT2D eigenvalue weighted by Gasteiger charge is 2.30. The molecule has 1 heterocycles. The van der Waals surface area contributed by atoms with Crippen molar-refractivity contribution in [2.45, 2.75) is 30.2 Å². The number of rotatable bonds is 8. The maximum atomic E-state index is 14.5. The Morgan fingerprint density at radius 3 is 2.27 bits per heavy atom. The van der Waals surface area contributed by atoms with Crippen LogP contribution in [0.4, 0.5) is 21.5 Å². The number of carbonyl (C=O) groups is 1. The summed E-state index contributed by atoms with van der Waals surface area (Å²) >= 11 is 0. The first kappa shape index (κ1) is 29.6. The molecule has 1 atom stereocenters. The van der Waals surface area contributed by atoms with Crippen molar-refractivity contribution in [3.8, 4) is 0 Å². The molecule has 1 aliphatic carbocycles. The van der Waals surface area contributed by atoms with Crippen LogP contribution in [0, 0.1) is 5.82 Å². The van der Waals surface area contributed by atoms with E-state index in [9.17, 15) is 17.6 Å². The van der Waals surface area contributed by atoms with Gasteiger partial charge in [0.05, 0.1) is 11.4 Å². The molecule has 4 aromatic carbocycles. The fourth-order valence-electron chi connectivity index (χ4n) is 6.01. The van der Waals surface area contributed by atoms with Crippen LogP contribution >= 0.6 is 0 Å². The van der Waals surface area contributed by atoms with E-state index < -0.39 is 10.0 Å². The Kier molecular flexibility index (Phi) is 8.77. The molecule has 0 radical (unpaired) electrons. The third kappa shape index (κ3) is 6.69. The van der Waals surface area contributed by atoms with Crippen molar-refractivity contribution >= 4 is 39.1 Å². The number of anilines is 3. The summed E-state index contributed by atoms with van der Waals surface area (Å²) in [6.45, 7) is 2.09. The third-order valence-corrected chi connectivity index (χ3v) is 9.72. The number of carbonyl (C=O) groups excluding carboxylic acids is 1. The summed E-state index contributed by atoms with van der Waals surface area (Å²) in [5, 5.41) is 2.82. The average Bonchev–Trinajstić information content (AvgIpc) is 3.05. The topological polar surface area (TPSA) is 81.8 Å². The molecule has 2 N–H and O–H groups in total. The number of amides is 1. The first-order valence-electron chi connectivity index (χ1n) is 14.9. The number of sulfonamides is 1. The van der Waals surface area contributed by atoms with Crippen LogP contribution in [0.5, 0.6) is 0 Å². The number of halogens is 1. The summed E-state index contributed by atoms with van der Waals surface area (Å²) in [7, 11) is -4.00. The van der Waals surface area contributed by atoms with Crippen LogP contribution in [0.2, 0.25) is 0 Å². The maximum absolute atomic E-state index is 14.5. The van der Waals surface area contributed by atoms with E-state index in [1.54, 1.807) is 30.3 Å². The number of para-hydroxylation sites is 1. The van der Waals surface area contributed by atoms with Gasteiger partial charge in [0.15, 0.2) is 0 Å². The summed E-state index contributed by atoms with van der Waals surface area (Å²) in [5.41, 5.74) is 4.51. The highest BCUT2D eigenvalue weighted by atomic mass is 32.2. The lowest BCUT2D eigenvalue weighted by atomic mass is 9.88. The number of fused-ring (bicyclic) bond motifs is 1. The maximum Gasteiger partial charge on any atom is 0.248 e. The van der Waals surface area contributed by atoms with Crippen molar-refractivity contribution < 1.29 is 17.6 Å². The van der Waals surface area contributed by atoms with Crippen molar-refractivity contribution in [1.82, 2.24) is 4.72 Å². The Balaban J connectivity index is 1.27. The molecule has 7 nitrogen and oxygen atoms in total. The normalized spacial score (nSPS) is 17.0. The molecule has 44 heavy (non-hydrogen) atoms. The monoisotopic (exact) mass is 610 g/mol. The fourth-order valence-corrected chi connectivity index (χ4v) is 7.51. The van der Waals surface area contributed by atoms with E-state index in [4.69, 9.17) is 0 Å². The second-order valence-electron chi connectivity index (χ2n) is 11.1. The number of piperazine rings is 1. The van der Waals surface area contributed by atoms with Crippen molar-refractivity contribution in [3.05, 3.63) is 126 Å². The molecule has 1 amide bonds. The van der Waals surface area contributed by atoms with E-state index in [0.29, 0.717) is 49.7 Å². The van der Waals surface area contributed by atoms with E-state index >= 15 is 0 Å². The molecular weight excluding hydrogens is 575 g/mol. The van der Waals surface area contributed by atoms with Crippen LogP contribution in [0.25, 0.3) is 6.08 Å². The Labute approximate surface area is 258 Å². The molecule has 9 heteroatoms. The lowest BCUT2D eigenvalue weighted by molar-refractivity contribution is -0.111. The van der Waals surface area contributed by atoms with E-state index in [1.165, 1.54) is 18.2 Å². The second kappa shape index (κ2) is 13.0. The zero-order valence-electron chi connectivity index (χ0n) is 24.3. The van der Waals surface area contributed by atoms with Crippen LogP contribution in [0.3, 0.4) is 0 Å². The van der Waals surface area contributed by atoms with Gasteiger partial charge in [0.25, 0.3) is 0 Å². The molecule has 1 aliphatic heterocycles. The molecule has 4 aromatic rings. The van der Waals surface area contributed by atoms with Crippen molar-refractivity contribution in [2.24, 2.45) is 0 Å². The molecule has 6 rings (SSSR count). The van der Waals surface area contributed by atoms with Gasteiger partial charge in [0.1, 0.15) is 10.7 Å². The predicted octanol–water partition coefficient (Wildman–Crippen LogP) is 6.16. The number of hydrogen-bond acceptors (Lipinski definition) is 5. The van der Waals surface area contributed by atoms with E-state index in [2.05, 4.69) is 16.1 Å². The lowest BCUT2D eigenvalue weighted by Gasteiger charge is -2.38. The molecule has 0 spiro atoms. The van der Waals surface area contributed by atoms with Gasteiger partial charge in [-0.2, -0.15) is 0 Å². The van der Waals surface area contributed by atoms with Crippen LogP contribution in [-0.4, -0.2) is 40.5 Å². The van der Waals surface area contributed by atoms with Crippen LogP contribution in [0.15, 0.2) is 108 Å². The van der Waals surface area contributed by atoms with Gasteiger partial charge in [-0.25, -0.2) is 17.5 Å². The van der Waals surface area contributed by atoms with E-state index in [1.807, 2.05) is 64.4 Å². The molecule has 1 saturated heterocycles. The minimum atomic E-state index is -4.00. The highest BCUT2D eigenvalue weighted by Crippen LogP contribution is 2.35. The van der Waals surface area contributed by atoms with E-state index in [0.717, 1.165) is 29.5 Å². The number of benzene rings is 4. The molecule has 2 aliphatic rings. The Morgan fingerprint density at radius 2 is 1.50 bits per heavy atom. The fraction of sp³-hybridized carbons (Fsp3) is 0.229. The summed E-state index contributed by atoms with van der Waals surface area (Å²) < 4.78 is 45.7. The minimum absolute atomic E-state index is 0.102. The number of aryl methyl sites for hydroxylation is 1. The SMILES string of the molecule is O=C(/C=C/c1ccccc1)Nc1ccc(N2CCN(c3ccccc3F)CC2)c(S(=O)(=O)N[C@@H]2CCCc3ccccc32)c1. The smallest absolute Gasteiger partial charge is 0.248 e. The van der Waals surface area contributed by atoms with Crippen LogP contribution < -0.4 is 19.8 Å². The quantitative estimate of drug-likeness (QED) is 0.234. The molecule has 1 fully saturated rings. The Morgan fingerprint density at radius 1 is 0.818 bits per heavy atom. The zero-order valence-corrected chi connectivity index (χ0v) is 25.1. The molecule has 0 unspecified atom stereocenters. The van der Waals surface area contributed by atoms with Gasteiger partial charge in [-0.15, -0.1) is 0 Å². The predicted molar refractivity (Wildman–Crippen MR) is 174 cm³/mol. The van der Waals surface area contributed by atoms with Crippen LogP contribution in [-0.2, 0) is 21.2 Å². The van der Waals surface area contributed by atoms with Crippen LogP contribution in [0.1, 0.15) is 35.6 Å². The van der Waals surface area contributed by atoms with Gasteiger partial charge in [-0.1, -0.05) is 66.7 Å². The lowest BCUT2D eigenvalue weighted by Crippen LogP contribution is -2.47. The average molecular weight is 611 g/mol. The van der Waals surface area contributed by atoms with Gasteiger partial charge < -0.3 is 15.1 Å². The number of nitrogens with zero attached hydrogens (tertiary/aromatic N) is 2. The molecule has 0 saturated carbocycles. The van der Waals surface area contributed by atoms with Gasteiger partial charge in [-0.3, -0.25) is 4.79 Å². The van der Waals surface area contributed by atoms with Crippen molar-refractivity contribution in [2.75, 3.05) is 41.3 Å². The summed E-state index contributed by atoms with van der Waals surface area (Å²) in [6.07, 6.45) is 5.64. The highest BCUT2D eigenvalue weighted by molar-refractivity contribution is 7.89. The molecule has 226 valence electrons. The molecule has 0 bridgehead atoms. The Bertz CT molecular complexity index is 1770. The van der Waals surface area contributed by atoms with Crippen molar-refractivity contribution in [3.63, 3.8) is 0 Å². The molecule has 0 aromatic heterocycles. The first-order valence-corrected chi connectivity index (χ1v) is 16.4. The van der Waals surface area contributed by atoms with Gasteiger partial charge in [-0.05, 0) is 72.4 Å².